The Labute approximate surface area is 151 Å². The smallest absolute Gasteiger partial charge is 0.225 e. The highest BCUT2D eigenvalue weighted by Gasteiger charge is 2.21. The maximum atomic E-state index is 11.3. The number of nitrogens with zero attached hydrogens (tertiary/aromatic N) is 5. The fourth-order valence-corrected chi connectivity index (χ4v) is 3.20. The van der Waals surface area contributed by atoms with E-state index in [0.29, 0.717) is 18.2 Å². The van der Waals surface area contributed by atoms with Crippen LogP contribution in [0.15, 0.2) is 42.5 Å². The lowest BCUT2D eigenvalue weighted by Gasteiger charge is -2.12. The molecule has 0 bridgehead atoms. The number of aromatic nitrogens is 4. The fraction of sp³-hybridized carbons (Fsp3) is 0.263. The van der Waals surface area contributed by atoms with E-state index in [0.717, 1.165) is 30.0 Å². The lowest BCUT2D eigenvalue weighted by molar-refractivity contribution is -0.117. The summed E-state index contributed by atoms with van der Waals surface area (Å²) in [5.74, 6) is 1.59. The van der Waals surface area contributed by atoms with Gasteiger partial charge in [-0.2, -0.15) is 5.10 Å². The van der Waals surface area contributed by atoms with E-state index in [1.165, 1.54) is 5.56 Å². The van der Waals surface area contributed by atoms with Crippen molar-refractivity contribution < 1.29 is 4.79 Å². The molecule has 7 heteroatoms. The van der Waals surface area contributed by atoms with E-state index in [4.69, 9.17) is 10.7 Å². The molecule has 0 aliphatic carbocycles. The number of carbonyl (C=O) groups excluding carboxylic acids is 1. The second-order valence-electron chi connectivity index (χ2n) is 6.49. The minimum Gasteiger partial charge on any atom is -0.369 e. The molecule has 0 spiro atoms. The number of carbonyl (C=O) groups is 1. The van der Waals surface area contributed by atoms with Crippen molar-refractivity contribution in [3.8, 4) is 11.5 Å². The normalized spacial score (nSPS) is 13.0. The minimum atomic E-state index is -0.449. The molecule has 0 fully saturated rings. The molecule has 1 aliphatic heterocycles. The minimum absolute atomic E-state index is 0.0135. The monoisotopic (exact) mass is 348 g/mol. The molecule has 0 saturated heterocycles. The van der Waals surface area contributed by atoms with Crippen molar-refractivity contribution in [3.63, 3.8) is 0 Å². The third kappa shape index (κ3) is 3.15. The number of pyridine rings is 1. The van der Waals surface area contributed by atoms with Crippen LogP contribution in [0.5, 0.6) is 0 Å². The van der Waals surface area contributed by atoms with Crippen LogP contribution < -0.4 is 10.6 Å². The van der Waals surface area contributed by atoms with Gasteiger partial charge >= 0.3 is 0 Å². The molecule has 2 aromatic heterocycles. The summed E-state index contributed by atoms with van der Waals surface area (Å²) in [7, 11) is 2.04. The first-order valence-electron chi connectivity index (χ1n) is 8.57. The Hall–Kier alpha value is -3.22. The fourth-order valence-electron chi connectivity index (χ4n) is 3.20. The zero-order valence-electron chi connectivity index (χ0n) is 14.6. The molecule has 26 heavy (non-hydrogen) atoms. The number of amides is 1. The van der Waals surface area contributed by atoms with Crippen molar-refractivity contribution in [2.24, 2.45) is 5.73 Å². The van der Waals surface area contributed by atoms with E-state index < -0.39 is 5.91 Å². The van der Waals surface area contributed by atoms with Crippen molar-refractivity contribution in [2.45, 2.75) is 19.4 Å². The lowest BCUT2D eigenvalue weighted by atomic mass is 10.2. The zero-order chi connectivity index (χ0) is 18.1. The molecule has 2 N–H and O–H groups in total. The Balaban J connectivity index is 1.75. The molecular weight excluding hydrogens is 328 g/mol. The number of benzene rings is 1. The number of nitrogens with two attached hydrogens (primary N) is 1. The number of likely N-dealkylation sites (N-methyl/N-ethyl adjacent to an activating group) is 1. The summed E-state index contributed by atoms with van der Waals surface area (Å²) < 4.78 is 1.79. The highest BCUT2D eigenvalue weighted by atomic mass is 16.1. The highest BCUT2D eigenvalue weighted by molar-refractivity contribution is 5.75. The summed E-state index contributed by atoms with van der Waals surface area (Å²) in [5, 5.41) is 4.49. The lowest BCUT2D eigenvalue weighted by Crippen LogP contribution is -2.15. The van der Waals surface area contributed by atoms with Gasteiger partial charge in [-0.25, -0.2) is 14.6 Å². The standard InChI is InChI=1S/C19H20N6O/c1-24-10-9-14-7-8-15(21-18(14)24)19-22-17(11-16(20)26)23-25(19)12-13-5-3-2-4-6-13/h2-8H,9-12H2,1H3,(H2,20,26). The number of rotatable bonds is 5. The average Bonchev–Trinajstić information content (AvgIpc) is 3.19. The summed E-state index contributed by atoms with van der Waals surface area (Å²) in [6.45, 7) is 1.52. The first-order valence-corrected chi connectivity index (χ1v) is 8.57. The molecule has 0 saturated carbocycles. The second-order valence-corrected chi connectivity index (χ2v) is 6.49. The molecule has 1 aliphatic rings. The molecule has 0 radical (unpaired) electrons. The van der Waals surface area contributed by atoms with Crippen molar-refractivity contribution in [1.29, 1.82) is 0 Å². The third-order valence-corrected chi connectivity index (χ3v) is 4.49. The van der Waals surface area contributed by atoms with Gasteiger partial charge in [0.2, 0.25) is 5.91 Å². The first-order chi connectivity index (χ1) is 12.6. The molecule has 4 rings (SSSR count). The zero-order valence-corrected chi connectivity index (χ0v) is 14.6. The molecule has 0 atom stereocenters. The van der Waals surface area contributed by atoms with E-state index in [-0.39, 0.29) is 6.42 Å². The second kappa shape index (κ2) is 6.59. The summed E-state index contributed by atoms with van der Waals surface area (Å²) in [5.41, 5.74) is 8.40. The topological polar surface area (TPSA) is 89.9 Å². The summed E-state index contributed by atoms with van der Waals surface area (Å²) in [4.78, 5) is 22.8. The van der Waals surface area contributed by atoms with Gasteiger partial charge in [0.15, 0.2) is 11.6 Å². The van der Waals surface area contributed by atoms with E-state index in [1.807, 2.05) is 43.4 Å². The van der Waals surface area contributed by atoms with Gasteiger partial charge in [0, 0.05) is 13.6 Å². The van der Waals surface area contributed by atoms with Crippen molar-refractivity contribution in [3.05, 3.63) is 59.4 Å². The third-order valence-electron chi connectivity index (χ3n) is 4.49. The Kier molecular flexibility index (Phi) is 4.12. The number of hydrogen-bond donors (Lipinski definition) is 1. The van der Waals surface area contributed by atoms with Crippen LogP contribution >= 0.6 is 0 Å². The summed E-state index contributed by atoms with van der Waals surface area (Å²) in [6, 6.07) is 14.1. The highest BCUT2D eigenvalue weighted by Crippen LogP contribution is 2.28. The summed E-state index contributed by atoms with van der Waals surface area (Å²) >= 11 is 0. The van der Waals surface area contributed by atoms with Crippen LogP contribution in [0.3, 0.4) is 0 Å². The van der Waals surface area contributed by atoms with E-state index >= 15 is 0 Å². The number of hydrogen-bond acceptors (Lipinski definition) is 5. The number of anilines is 1. The SMILES string of the molecule is CN1CCc2ccc(-c3nc(CC(N)=O)nn3Cc3ccccc3)nc21. The van der Waals surface area contributed by atoms with Crippen LogP contribution in [-0.4, -0.2) is 39.2 Å². The largest absolute Gasteiger partial charge is 0.369 e. The summed E-state index contributed by atoms with van der Waals surface area (Å²) in [6.07, 6.45) is 1.02. The molecule has 3 aromatic rings. The molecule has 1 aromatic carbocycles. The van der Waals surface area contributed by atoms with Gasteiger partial charge in [0.05, 0.1) is 13.0 Å². The predicted molar refractivity (Wildman–Crippen MR) is 98.7 cm³/mol. The molecule has 3 heterocycles. The van der Waals surface area contributed by atoms with Gasteiger partial charge in [-0.3, -0.25) is 4.79 Å². The van der Waals surface area contributed by atoms with E-state index in [9.17, 15) is 4.79 Å². The Morgan fingerprint density at radius 1 is 1.15 bits per heavy atom. The molecule has 0 unspecified atom stereocenters. The van der Waals surface area contributed by atoms with Crippen molar-refractivity contribution in [2.75, 3.05) is 18.5 Å². The van der Waals surface area contributed by atoms with Gasteiger partial charge in [0.1, 0.15) is 11.5 Å². The van der Waals surface area contributed by atoms with Crippen LogP contribution in [0.2, 0.25) is 0 Å². The first kappa shape index (κ1) is 16.3. The Bertz CT molecular complexity index is 950. The van der Waals surface area contributed by atoms with Crippen LogP contribution in [0, 0.1) is 0 Å². The van der Waals surface area contributed by atoms with Gasteiger partial charge in [0.25, 0.3) is 0 Å². The average molecular weight is 348 g/mol. The molecule has 132 valence electrons. The van der Waals surface area contributed by atoms with Gasteiger partial charge < -0.3 is 10.6 Å². The number of primary amides is 1. The maximum absolute atomic E-state index is 11.3. The van der Waals surface area contributed by atoms with Crippen molar-refractivity contribution in [1.82, 2.24) is 19.7 Å². The van der Waals surface area contributed by atoms with Crippen molar-refractivity contribution >= 4 is 11.7 Å². The Morgan fingerprint density at radius 2 is 1.96 bits per heavy atom. The van der Waals surface area contributed by atoms with E-state index in [2.05, 4.69) is 21.0 Å². The van der Waals surface area contributed by atoms with E-state index in [1.54, 1.807) is 4.68 Å². The van der Waals surface area contributed by atoms with Gasteiger partial charge in [-0.05, 0) is 23.6 Å². The molecular formula is C19H20N6O. The quantitative estimate of drug-likeness (QED) is 0.753. The molecule has 7 nitrogen and oxygen atoms in total. The van der Waals surface area contributed by atoms with Gasteiger partial charge in [-0.15, -0.1) is 0 Å². The predicted octanol–water partition coefficient (Wildman–Crippen LogP) is 1.41. The van der Waals surface area contributed by atoms with Crippen LogP contribution in [-0.2, 0) is 24.2 Å². The maximum Gasteiger partial charge on any atom is 0.225 e. The van der Waals surface area contributed by atoms with Crippen LogP contribution in [0.4, 0.5) is 5.82 Å². The van der Waals surface area contributed by atoms with Gasteiger partial charge in [-0.1, -0.05) is 36.4 Å². The Morgan fingerprint density at radius 3 is 2.73 bits per heavy atom. The van der Waals surface area contributed by atoms with Crippen LogP contribution in [0.25, 0.3) is 11.5 Å². The van der Waals surface area contributed by atoms with Crippen LogP contribution in [0.1, 0.15) is 17.0 Å². The molecule has 1 amide bonds. The number of fused-ring (bicyclic) bond motifs is 1.